The number of hydrogen-bond acceptors (Lipinski definition) is 3. The minimum Gasteiger partial charge on any atom is -0.278 e. The van der Waals surface area contributed by atoms with E-state index in [-0.39, 0.29) is 0 Å². The van der Waals surface area contributed by atoms with Crippen LogP contribution in [-0.2, 0) is 0 Å². The predicted molar refractivity (Wildman–Crippen MR) is 101 cm³/mol. The van der Waals surface area contributed by atoms with E-state index in [9.17, 15) is 0 Å². The molecule has 1 N–H and O–H groups in total. The van der Waals surface area contributed by atoms with Crippen LogP contribution in [0.2, 0.25) is 10.0 Å². The van der Waals surface area contributed by atoms with E-state index in [1.165, 1.54) is 0 Å². The van der Waals surface area contributed by atoms with E-state index >= 15 is 0 Å². The highest BCUT2D eigenvalue weighted by molar-refractivity contribution is 6.42. The summed E-state index contributed by atoms with van der Waals surface area (Å²) in [6, 6.07) is 15.3. The highest BCUT2D eigenvalue weighted by atomic mass is 35.5. The third-order valence-electron chi connectivity index (χ3n) is 3.65. The summed E-state index contributed by atoms with van der Waals surface area (Å²) < 4.78 is 1.91. The molecule has 0 atom stereocenters. The summed E-state index contributed by atoms with van der Waals surface area (Å²) >= 11 is 11.9. The Kier molecular flexibility index (Phi) is 4.88. The molecule has 122 valence electrons. The molecule has 0 fully saturated rings. The maximum atomic E-state index is 5.99. The van der Waals surface area contributed by atoms with Crippen LogP contribution in [-0.4, -0.2) is 16.0 Å². The number of rotatable bonds is 4. The first-order valence-electron chi connectivity index (χ1n) is 7.42. The fourth-order valence-electron chi connectivity index (χ4n) is 2.40. The summed E-state index contributed by atoms with van der Waals surface area (Å²) in [4.78, 5) is 0. The van der Waals surface area contributed by atoms with Crippen LogP contribution in [0.4, 0.5) is 5.69 Å². The van der Waals surface area contributed by atoms with E-state index in [0.717, 1.165) is 28.3 Å². The maximum absolute atomic E-state index is 5.99. The van der Waals surface area contributed by atoms with Crippen LogP contribution >= 0.6 is 23.2 Å². The van der Waals surface area contributed by atoms with E-state index in [4.69, 9.17) is 23.2 Å². The van der Waals surface area contributed by atoms with Crippen LogP contribution in [0.1, 0.15) is 17.0 Å². The second-order valence-corrected chi connectivity index (χ2v) is 6.15. The lowest BCUT2D eigenvalue weighted by Gasteiger charge is -2.04. The molecule has 1 heterocycles. The molecule has 4 nitrogen and oxygen atoms in total. The van der Waals surface area contributed by atoms with Gasteiger partial charge in [0, 0.05) is 5.56 Å². The third kappa shape index (κ3) is 3.45. The second kappa shape index (κ2) is 7.07. The molecule has 24 heavy (non-hydrogen) atoms. The first-order valence-corrected chi connectivity index (χ1v) is 8.17. The van der Waals surface area contributed by atoms with E-state index in [1.54, 1.807) is 18.3 Å². The van der Waals surface area contributed by atoms with Gasteiger partial charge >= 0.3 is 0 Å². The highest BCUT2D eigenvalue weighted by Crippen LogP contribution is 2.25. The predicted octanol–water partition coefficient (Wildman–Crippen LogP) is 5.24. The topological polar surface area (TPSA) is 42.2 Å². The molecule has 0 saturated carbocycles. The van der Waals surface area contributed by atoms with Crippen LogP contribution in [0.5, 0.6) is 0 Å². The Morgan fingerprint density at radius 2 is 1.79 bits per heavy atom. The molecule has 2 aromatic carbocycles. The van der Waals surface area contributed by atoms with Gasteiger partial charge in [-0.15, -0.1) is 0 Å². The first kappa shape index (κ1) is 16.6. The minimum atomic E-state index is 0.487. The first-order chi connectivity index (χ1) is 11.6. The lowest BCUT2D eigenvalue weighted by atomic mass is 10.2. The minimum absolute atomic E-state index is 0.487. The van der Waals surface area contributed by atoms with Gasteiger partial charge in [-0.3, -0.25) is 5.43 Å². The number of halogens is 2. The summed E-state index contributed by atoms with van der Waals surface area (Å²) in [5.41, 5.74) is 7.66. The van der Waals surface area contributed by atoms with Gasteiger partial charge < -0.3 is 0 Å². The van der Waals surface area contributed by atoms with Gasteiger partial charge in [-0.25, -0.2) is 4.68 Å². The van der Waals surface area contributed by atoms with Crippen molar-refractivity contribution in [2.75, 3.05) is 5.43 Å². The van der Waals surface area contributed by atoms with Gasteiger partial charge in [-0.05, 0) is 44.2 Å². The number of aryl methyl sites for hydroxylation is 1. The van der Waals surface area contributed by atoms with Crippen LogP contribution in [0, 0.1) is 13.8 Å². The number of nitrogens with zero attached hydrogens (tertiary/aromatic N) is 3. The van der Waals surface area contributed by atoms with Crippen molar-refractivity contribution in [1.29, 1.82) is 0 Å². The summed E-state index contributed by atoms with van der Waals surface area (Å²) in [6.07, 6.45) is 1.76. The van der Waals surface area contributed by atoms with E-state index in [2.05, 4.69) is 15.6 Å². The third-order valence-corrected chi connectivity index (χ3v) is 4.39. The molecule has 3 aromatic rings. The van der Waals surface area contributed by atoms with Gasteiger partial charge in [-0.1, -0.05) is 41.4 Å². The van der Waals surface area contributed by atoms with Crippen molar-refractivity contribution >= 4 is 35.1 Å². The summed E-state index contributed by atoms with van der Waals surface area (Å²) in [7, 11) is 0. The van der Waals surface area contributed by atoms with Crippen LogP contribution in [0.15, 0.2) is 53.6 Å². The van der Waals surface area contributed by atoms with E-state index < -0.39 is 0 Å². The molecule has 0 bridgehead atoms. The Morgan fingerprint density at radius 3 is 2.50 bits per heavy atom. The summed E-state index contributed by atoms with van der Waals surface area (Å²) in [5, 5.41) is 9.88. The Hall–Kier alpha value is -2.30. The quantitative estimate of drug-likeness (QED) is 0.511. The van der Waals surface area contributed by atoms with Gasteiger partial charge in [-0.2, -0.15) is 10.2 Å². The number of para-hydroxylation sites is 1. The fourth-order valence-corrected chi connectivity index (χ4v) is 2.70. The van der Waals surface area contributed by atoms with Gasteiger partial charge in [0.2, 0.25) is 0 Å². The van der Waals surface area contributed by atoms with Gasteiger partial charge in [0.05, 0.1) is 39.0 Å². The monoisotopic (exact) mass is 358 g/mol. The second-order valence-electron chi connectivity index (χ2n) is 5.33. The Balaban J connectivity index is 1.82. The van der Waals surface area contributed by atoms with Crippen molar-refractivity contribution in [2.45, 2.75) is 13.8 Å². The fraction of sp³-hybridized carbons (Fsp3) is 0.111. The molecule has 0 aliphatic carbocycles. The maximum Gasteiger partial charge on any atom is 0.0689 e. The van der Waals surface area contributed by atoms with E-state index in [1.807, 2.05) is 54.9 Å². The molecule has 0 aliphatic heterocycles. The summed E-state index contributed by atoms with van der Waals surface area (Å²) in [6.45, 7) is 3.99. The zero-order chi connectivity index (χ0) is 17.1. The number of aromatic nitrogens is 2. The molecule has 3 rings (SSSR count). The van der Waals surface area contributed by atoms with Crippen molar-refractivity contribution in [1.82, 2.24) is 9.78 Å². The van der Waals surface area contributed by atoms with Crippen molar-refractivity contribution in [2.24, 2.45) is 5.10 Å². The SMILES string of the molecule is Cc1nn(-c2ccccc2)c(C)c1/C=N/Nc1ccc(Cl)c(Cl)c1. The highest BCUT2D eigenvalue weighted by Gasteiger charge is 2.10. The number of hydrazone groups is 1. The molecule has 0 spiro atoms. The van der Waals surface area contributed by atoms with Crippen LogP contribution in [0.3, 0.4) is 0 Å². The smallest absolute Gasteiger partial charge is 0.0689 e. The zero-order valence-corrected chi connectivity index (χ0v) is 14.8. The number of hydrogen-bond donors (Lipinski definition) is 1. The zero-order valence-electron chi connectivity index (χ0n) is 13.3. The molecule has 0 saturated heterocycles. The molecule has 0 amide bonds. The Morgan fingerprint density at radius 1 is 1.04 bits per heavy atom. The normalized spacial score (nSPS) is 11.2. The number of benzene rings is 2. The van der Waals surface area contributed by atoms with Gasteiger partial charge in [0.1, 0.15) is 0 Å². The standard InChI is InChI=1S/C18H16Cl2N4/c1-12-16(11-21-22-14-8-9-17(19)18(20)10-14)13(2)24(23-12)15-6-4-3-5-7-15/h3-11,22H,1-2H3/b21-11+. The average molecular weight is 359 g/mol. The molecule has 0 aliphatic rings. The summed E-state index contributed by atoms with van der Waals surface area (Å²) in [5.74, 6) is 0. The van der Waals surface area contributed by atoms with Crippen molar-refractivity contribution in [3.05, 3.63) is 75.5 Å². The lowest BCUT2D eigenvalue weighted by molar-refractivity contribution is 0.833. The van der Waals surface area contributed by atoms with Crippen molar-refractivity contribution in [3.8, 4) is 5.69 Å². The van der Waals surface area contributed by atoms with Crippen molar-refractivity contribution in [3.63, 3.8) is 0 Å². The van der Waals surface area contributed by atoms with Gasteiger partial charge in [0.25, 0.3) is 0 Å². The molecule has 0 radical (unpaired) electrons. The Labute approximate surface area is 150 Å². The molecule has 1 aromatic heterocycles. The number of nitrogens with one attached hydrogen (secondary N) is 1. The average Bonchev–Trinajstić information content (AvgIpc) is 2.87. The molecule has 0 unspecified atom stereocenters. The molecular weight excluding hydrogens is 343 g/mol. The largest absolute Gasteiger partial charge is 0.278 e. The number of anilines is 1. The lowest BCUT2D eigenvalue weighted by Crippen LogP contribution is -1.99. The van der Waals surface area contributed by atoms with E-state index in [0.29, 0.717) is 10.0 Å². The molecular formula is C18H16Cl2N4. The van der Waals surface area contributed by atoms with Gasteiger partial charge in [0.15, 0.2) is 0 Å². The van der Waals surface area contributed by atoms with Crippen molar-refractivity contribution < 1.29 is 0 Å². The Bertz CT molecular complexity index is 886. The van der Waals surface area contributed by atoms with Crippen LogP contribution < -0.4 is 5.43 Å². The van der Waals surface area contributed by atoms with Crippen LogP contribution in [0.25, 0.3) is 5.69 Å². The molecule has 6 heteroatoms.